The first kappa shape index (κ1) is 12.2. The molecule has 2 nitrogen and oxygen atoms in total. The Kier molecular flexibility index (Phi) is 3.64. The maximum atomic E-state index is 6.53. The van der Waals surface area contributed by atoms with Crippen molar-refractivity contribution in [3.05, 3.63) is 23.8 Å². The van der Waals surface area contributed by atoms with Gasteiger partial charge >= 0.3 is 0 Å². The van der Waals surface area contributed by atoms with Gasteiger partial charge in [-0.2, -0.15) is 0 Å². The van der Waals surface area contributed by atoms with Gasteiger partial charge in [0.15, 0.2) is 11.5 Å². The van der Waals surface area contributed by atoms with Crippen LogP contribution in [0, 0.1) is 0 Å². The summed E-state index contributed by atoms with van der Waals surface area (Å²) in [5, 5.41) is 0.259. The highest BCUT2D eigenvalue weighted by Crippen LogP contribution is 2.39. The first-order valence-electron chi connectivity index (χ1n) is 6.88. The Bertz CT molecular complexity index is 419. The molecule has 2 unspecified atom stereocenters. The highest BCUT2D eigenvalue weighted by atomic mass is 35.5. The van der Waals surface area contributed by atoms with Crippen LogP contribution in [0.1, 0.15) is 43.6 Å². The summed E-state index contributed by atoms with van der Waals surface area (Å²) in [6.07, 6.45) is 6.16. The number of ether oxygens (including phenoxy) is 2. The smallest absolute Gasteiger partial charge is 0.161 e. The molecule has 1 fully saturated rings. The Hall–Kier alpha value is -0.890. The van der Waals surface area contributed by atoms with Gasteiger partial charge in [0, 0.05) is 11.3 Å². The van der Waals surface area contributed by atoms with Gasteiger partial charge in [-0.05, 0) is 30.5 Å². The van der Waals surface area contributed by atoms with Crippen LogP contribution in [-0.4, -0.2) is 18.6 Å². The highest BCUT2D eigenvalue weighted by molar-refractivity contribution is 6.21. The molecule has 0 saturated heterocycles. The number of fused-ring (bicyclic) bond motifs is 1. The van der Waals surface area contributed by atoms with Gasteiger partial charge in [0.25, 0.3) is 0 Å². The van der Waals surface area contributed by atoms with Crippen molar-refractivity contribution in [1.82, 2.24) is 0 Å². The first-order chi connectivity index (χ1) is 8.84. The van der Waals surface area contributed by atoms with Crippen molar-refractivity contribution < 1.29 is 9.47 Å². The molecule has 1 aliphatic heterocycles. The van der Waals surface area contributed by atoms with Crippen LogP contribution in [0.5, 0.6) is 11.5 Å². The quantitative estimate of drug-likeness (QED) is 0.562. The summed E-state index contributed by atoms with van der Waals surface area (Å²) in [7, 11) is 0. The van der Waals surface area contributed by atoms with E-state index in [2.05, 4.69) is 12.1 Å². The van der Waals surface area contributed by atoms with Crippen molar-refractivity contribution in [3.8, 4) is 11.5 Å². The summed E-state index contributed by atoms with van der Waals surface area (Å²) in [5.74, 6) is 2.21. The molecule has 2 aliphatic rings. The van der Waals surface area contributed by atoms with E-state index in [-0.39, 0.29) is 5.38 Å². The second kappa shape index (κ2) is 5.40. The Morgan fingerprint density at radius 1 is 0.944 bits per heavy atom. The van der Waals surface area contributed by atoms with Gasteiger partial charge in [0.2, 0.25) is 0 Å². The number of alkyl halides is 1. The fourth-order valence-electron chi connectivity index (χ4n) is 2.93. The minimum Gasteiger partial charge on any atom is -0.486 e. The zero-order valence-corrected chi connectivity index (χ0v) is 11.3. The third-order valence-corrected chi connectivity index (χ3v) is 4.45. The summed E-state index contributed by atoms with van der Waals surface area (Å²) < 4.78 is 11.2. The molecule has 1 aliphatic carbocycles. The normalized spacial score (nSPS) is 27.6. The van der Waals surface area contributed by atoms with Crippen molar-refractivity contribution >= 4 is 11.6 Å². The first-order valence-corrected chi connectivity index (χ1v) is 7.32. The monoisotopic (exact) mass is 266 g/mol. The molecule has 3 heteroatoms. The lowest BCUT2D eigenvalue weighted by molar-refractivity contribution is 0.171. The van der Waals surface area contributed by atoms with E-state index in [1.165, 1.54) is 31.2 Å². The largest absolute Gasteiger partial charge is 0.486 e. The average molecular weight is 267 g/mol. The molecular weight excluding hydrogens is 248 g/mol. The predicted octanol–water partition coefficient (Wildman–Crippen LogP) is 4.11. The molecule has 1 aromatic rings. The number of hydrogen-bond acceptors (Lipinski definition) is 2. The molecule has 1 saturated carbocycles. The van der Waals surface area contributed by atoms with E-state index >= 15 is 0 Å². The molecule has 0 radical (unpaired) electrons. The SMILES string of the molecule is ClC1CCCCCC1c1ccc2c(c1)OCCO2. The van der Waals surface area contributed by atoms with Crippen LogP contribution >= 0.6 is 11.6 Å². The van der Waals surface area contributed by atoms with E-state index in [0.717, 1.165) is 17.9 Å². The molecule has 1 aromatic carbocycles. The maximum absolute atomic E-state index is 6.53. The van der Waals surface area contributed by atoms with Crippen LogP contribution in [0.25, 0.3) is 0 Å². The number of benzene rings is 1. The minimum atomic E-state index is 0.259. The summed E-state index contributed by atoms with van der Waals surface area (Å²) in [5.41, 5.74) is 1.31. The lowest BCUT2D eigenvalue weighted by atomic mass is 9.91. The standard InChI is InChI=1S/C15H19ClO2/c16-13-5-3-1-2-4-12(13)11-6-7-14-15(10-11)18-9-8-17-14/h6-7,10,12-13H,1-5,8-9H2. The number of rotatable bonds is 1. The van der Waals surface area contributed by atoms with Crippen molar-refractivity contribution in [2.45, 2.75) is 43.4 Å². The zero-order valence-electron chi connectivity index (χ0n) is 10.5. The van der Waals surface area contributed by atoms with E-state index in [1.807, 2.05) is 6.07 Å². The summed E-state index contributed by atoms with van der Waals surface area (Å²) in [6, 6.07) is 6.30. The fraction of sp³-hybridized carbons (Fsp3) is 0.600. The van der Waals surface area contributed by atoms with E-state index in [1.54, 1.807) is 0 Å². The van der Waals surface area contributed by atoms with Crippen LogP contribution in [0.2, 0.25) is 0 Å². The molecule has 3 rings (SSSR count). The van der Waals surface area contributed by atoms with E-state index in [0.29, 0.717) is 19.1 Å². The third-order valence-electron chi connectivity index (χ3n) is 3.93. The van der Waals surface area contributed by atoms with Gasteiger partial charge in [0.05, 0.1) is 0 Å². The third kappa shape index (κ3) is 2.44. The molecule has 18 heavy (non-hydrogen) atoms. The van der Waals surface area contributed by atoms with Gasteiger partial charge in [0.1, 0.15) is 13.2 Å². The minimum absolute atomic E-state index is 0.259. The topological polar surface area (TPSA) is 18.5 Å². The van der Waals surface area contributed by atoms with Crippen LogP contribution in [0.4, 0.5) is 0 Å². The van der Waals surface area contributed by atoms with Crippen molar-refractivity contribution in [3.63, 3.8) is 0 Å². The van der Waals surface area contributed by atoms with Gasteiger partial charge in [-0.25, -0.2) is 0 Å². The second-order valence-electron chi connectivity index (χ2n) is 5.16. The molecular formula is C15H19ClO2. The van der Waals surface area contributed by atoms with Gasteiger partial charge in [-0.1, -0.05) is 25.3 Å². The second-order valence-corrected chi connectivity index (χ2v) is 5.72. The van der Waals surface area contributed by atoms with Gasteiger partial charge in [-0.3, -0.25) is 0 Å². The van der Waals surface area contributed by atoms with Crippen molar-refractivity contribution in [1.29, 1.82) is 0 Å². The van der Waals surface area contributed by atoms with Crippen molar-refractivity contribution in [2.75, 3.05) is 13.2 Å². The lowest BCUT2D eigenvalue weighted by Gasteiger charge is -2.23. The Morgan fingerprint density at radius 2 is 1.72 bits per heavy atom. The Morgan fingerprint density at radius 3 is 2.61 bits per heavy atom. The molecule has 0 bridgehead atoms. The molecule has 98 valence electrons. The number of halogens is 1. The Labute approximate surface area is 113 Å². The van der Waals surface area contributed by atoms with Crippen LogP contribution in [-0.2, 0) is 0 Å². The molecule has 2 atom stereocenters. The maximum Gasteiger partial charge on any atom is 0.161 e. The molecule has 1 heterocycles. The Balaban J connectivity index is 1.86. The van der Waals surface area contributed by atoms with Gasteiger partial charge in [-0.15, -0.1) is 11.6 Å². The highest BCUT2D eigenvalue weighted by Gasteiger charge is 2.24. The molecule has 0 aromatic heterocycles. The van der Waals surface area contributed by atoms with Crippen molar-refractivity contribution in [2.24, 2.45) is 0 Å². The molecule has 0 N–H and O–H groups in total. The van der Waals surface area contributed by atoms with Gasteiger partial charge < -0.3 is 9.47 Å². The van der Waals surface area contributed by atoms with E-state index in [9.17, 15) is 0 Å². The van der Waals surface area contributed by atoms with Crippen LogP contribution in [0.15, 0.2) is 18.2 Å². The zero-order chi connectivity index (χ0) is 12.4. The van der Waals surface area contributed by atoms with Crippen LogP contribution < -0.4 is 9.47 Å². The predicted molar refractivity (Wildman–Crippen MR) is 72.9 cm³/mol. The number of hydrogen-bond donors (Lipinski definition) is 0. The average Bonchev–Trinajstić information content (AvgIpc) is 2.63. The summed E-state index contributed by atoms with van der Waals surface area (Å²) in [6.45, 7) is 1.29. The lowest BCUT2D eigenvalue weighted by Crippen LogP contribution is -2.16. The van der Waals surface area contributed by atoms with Crippen LogP contribution in [0.3, 0.4) is 0 Å². The molecule has 0 amide bonds. The summed E-state index contributed by atoms with van der Waals surface area (Å²) in [4.78, 5) is 0. The van der Waals surface area contributed by atoms with E-state index < -0.39 is 0 Å². The fourth-order valence-corrected chi connectivity index (χ4v) is 3.35. The summed E-state index contributed by atoms with van der Waals surface area (Å²) >= 11 is 6.53. The van der Waals surface area contributed by atoms with E-state index in [4.69, 9.17) is 21.1 Å². The molecule has 0 spiro atoms.